The van der Waals surface area contributed by atoms with E-state index >= 15 is 0 Å². The minimum absolute atomic E-state index is 0.454. The van der Waals surface area contributed by atoms with Crippen LogP contribution in [-0.2, 0) is 0 Å². The molecule has 2 rings (SSSR count). The van der Waals surface area contributed by atoms with Gasteiger partial charge in [-0.2, -0.15) is 8.75 Å². The standard InChI is InChI=1S/C5H2ClN3S2/c6-5-4(8-11-9-5)3-1-7-10-2-3/h1-2H. The molecule has 56 valence electrons. The number of aromatic nitrogens is 3. The summed E-state index contributed by atoms with van der Waals surface area (Å²) in [7, 11) is 0. The van der Waals surface area contributed by atoms with Gasteiger partial charge < -0.3 is 0 Å². The van der Waals surface area contributed by atoms with E-state index in [-0.39, 0.29) is 0 Å². The van der Waals surface area contributed by atoms with Crippen LogP contribution >= 0.6 is 34.9 Å². The van der Waals surface area contributed by atoms with Gasteiger partial charge >= 0.3 is 0 Å². The number of nitrogens with zero attached hydrogens (tertiary/aromatic N) is 3. The first-order valence-electron chi connectivity index (χ1n) is 2.76. The van der Waals surface area contributed by atoms with E-state index in [2.05, 4.69) is 13.1 Å². The second-order valence-electron chi connectivity index (χ2n) is 1.82. The van der Waals surface area contributed by atoms with Crippen LogP contribution in [0.2, 0.25) is 5.15 Å². The van der Waals surface area contributed by atoms with Gasteiger partial charge in [0.2, 0.25) is 0 Å². The zero-order chi connectivity index (χ0) is 7.68. The Kier molecular flexibility index (Phi) is 1.85. The Labute approximate surface area is 76.2 Å². The molecule has 2 aromatic rings. The molecule has 0 aliphatic rings. The van der Waals surface area contributed by atoms with E-state index in [4.69, 9.17) is 11.6 Å². The van der Waals surface area contributed by atoms with Gasteiger partial charge in [-0.05, 0) is 11.5 Å². The number of rotatable bonds is 1. The highest BCUT2D eigenvalue weighted by Crippen LogP contribution is 2.25. The summed E-state index contributed by atoms with van der Waals surface area (Å²) in [5.74, 6) is 0. The van der Waals surface area contributed by atoms with Crippen molar-refractivity contribution in [1.82, 2.24) is 13.1 Å². The lowest BCUT2D eigenvalue weighted by Gasteiger charge is -1.85. The largest absolute Gasteiger partial charge is 0.200 e. The van der Waals surface area contributed by atoms with Crippen molar-refractivity contribution >= 4 is 34.9 Å². The van der Waals surface area contributed by atoms with Crippen LogP contribution < -0.4 is 0 Å². The van der Waals surface area contributed by atoms with Gasteiger partial charge in [0.15, 0.2) is 5.15 Å². The molecule has 11 heavy (non-hydrogen) atoms. The third kappa shape index (κ3) is 1.26. The summed E-state index contributed by atoms with van der Waals surface area (Å²) >= 11 is 8.23. The molecule has 6 heteroatoms. The molecule has 0 radical (unpaired) electrons. The molecular weight excluding hydrogens is 202 g/mol. The van der Waals surface area contributed by atoms with Gasteiger partial charge in [-0.3, -0.25) is 0 Å². The van der Waals surface area contributed by atoms with E-state index in [0.717, 1.165) is 23.0 Å². The fraction of sp³-hybridized carbons (Fsp3) is 0. The van der Waals surface area contributed by atoms with E-state index in [1.807, 2.05) is 5.38 Å². The Bertz CT molecular complexity index is 342. The molecule has 0 fully saturated rings. The van der Waals surface area contributed by atoms with Gasteiger partial charge in [-0.25, -0.2) is 4.37 Å². The van der Waals surface area contributed by atoms with E-state index in [1.54, 1.807) is 6.20 Å². The molecular formula is C5H2ClN3S2. The van der Waals surface area contributed by atoms with Crippen LogP contribution in [0, 0.1) is 0 Å². The van der Waals surface area contributed by atoms with Crippen LogP contribution in [0.3, 0.4) is 0 Å². The van der Waals surface area contributed by atoms with Crippen molar-refractivity contribution in [3.63, 3.8) is 0 Å². The minimum Gasteiger partial charge on any atom is -0.200 e. The average Bonchev–Trinajstić information content (AvgIpc) is 2.55. The zero-order valence-corrected chi connectivity index (χ0v) is 7.58. The van der Waals surface area contributed by atoms with Crippen LogP contribution in [-0.4, -0.2) is 13.1 Å². The molecule has 2 aromatic heterocycles. The summed E-state index contributed by atoms with van der Waals surface area (Å²) in [4.78, 5) is 0. The fourth-order valence-electron chi connectivity index (χ4n) is 0.672. The lowest BCUT2D eigenvalue weighted by atomic mass is 10.3. The molecule has 0 amide bonds. The molecule has 3 nitrogen and oxygen atoms in total. The predicted molar refractivity (Wildman–Crippen MR) is 46.0 cm³/mol. The Hall–Kier alpha value is -0.520. The van der Waals surface area contributed by atoms with Crippen LogP contribution in [0.25, 0.3) is 11.3 Å². The van der Waals surface area contributed by atoms with E-state index in [0.29, 0.717) is 5.15 Å². The van der Waals surface area contributed by atoms with Gasteiger partial charge in [-0.15, -0.1) is 0 Å². The van der Waals surface area contributed by atoms with Crippen molar-refractivity contribution in [2.75, 3.05) is 0 Å². The van der Waals surface area contributed by atoms with Crippen molar-refractivity contribution in [3.05, 3.63) is 16.7 Å². The monoisotopic (exact) mass is 203 g/mol. The first kappa shape index (κ1) is 7.15. The molecule has 0 bridgehead atoms. The topological polar surface area (TPSA) is 38.7 Å². The summed E-state index contributed by atoms with van der Waals surface area (Å²) in [6, 6.07) is 0. The molecule has 0 atom stereocenters. The fourth-order valence-corrected chi connectivity index (χ4v) is 1.96. The molecule has 0 aromatic carbocycles. The third-order valence-electron chi connectivity index (χ3n) is 1.15. The molecule has 0 saturated heterocycles. The van der Waals surface area contributed by atoms with E-state index in [1.165, 1.54) is 11.5 Å². The molecule has 0 spiro atoms. The second-order valence-corrected chi connectivity index (χ2v) is 3.36. The van der Waals surface area contributed by atoms with Crippen molar-refractivity contribution < 1.29 is 0 Å². The van der Waals surface area contributed by atoms with E-state index < -0.39 is 0 Å². The van der Waals surface area contributed by atoms with Crippen molar-refractivity contribution in [1.29, 1.82) is 0 Å². The maximum atomic E-state index is 5.74. The van der Waals surface area contributed by atoms with Crippen molar-refractivity contribution in [3.8, 4) is 11.3 Å². The van der Waals surface area contributed by atoms with Crippen LogP contribution in [0.15, 0.2) is 11.6 Å². The first-order chi connectivity index (χ1) is 5.38. The van der Waals surface area contributed by atoms with Gasteiger partial charge in [0.25, 0.3) is 0 Å². The number of hydrogen-bond acceptors (Lipinski definition) is 5. The van der Waals surface area contributed by atoms with Crippen LogP contribution in [0.1, 0.15) is 0 Å². The first-order valence-corrected chi connectivity index (χ1v) is 4.70. The smallest absolute Gasteiger partial charge is 0.170 e. The molecule has 0 aliphatic heterocycles. The highest BCUT2D eigenvalue weighted by molar-refractivity contribution is 7.04. The Morgan fingerprint density at radius 3 is 2.82 bits per heavy atom. The summed E-state index contributed by atoms with van der Waals surface area (Å²) in [6.45, 7) is 0. The van der Waals surface area contributed by atoms with Gasteiger partial charge in [0, 0.05) is 10.9 Å². The Morgan fingerprint density at radius 2 is 2.27 bits per heavy atom. The molecule has 2 heterocycles. The van der Waals surface area contributed by atoms with E-state index in [9.17, 15) is 0 Å². The Balaban J connectivity index is 2.53. The third-order valence-corrected chi connectivity index (χ3v) is 2.63. The summed E-state index contributed by atoms with van der Waals surface area (Å²) < 4.78 is 11.8. The number of hydrogen-bond donors (Lipinski definition) is 0. The minimum atomic E-state index is 0.454. The highest BCUT2D eigenvalue weighted by atomic mass is 35.5. The zero-order valence-electron chi connectivity index (χ0n) is 5.19. The maximum Gasteiger partial charge on any atom is 0.170 e. The summed E-state index contributed by atoms with van der Waals surface area (Å²) in [5.41, 5.74) is 1.67. The maximum absolute atomic E-state index is 5.74. The number of halogens is 1. The highest BCUT2D eigenvalue weighted by Gasteiger charge is 2.07. The summed E-state index contributed by atoms with van der Waals surface area (Å²) in [6.07, 6.45) is 1.73. The summed E-state index contributed by atoms with van der Waals surface area (Å²) in [5, 5.41) is 2.35. The van der Waals surface area contributed by atoms with Gasteiger partial charge in [0.05, 0.1) is 17.9 Å². The molecule has 0 aliphatic carbocycles. The normalized spacial score (nSPS) is 10.3. The van der Waals surface area contributed by atoms with Crippen LogP contribution in [0.4, 0.5) is 0 Å². The van der Waals surface area contributed by atoms with Gasteiger partial charge in [-0.1, -0.05) is 11.6 Å². The average molecular weight is 204 g/mol. The second kappa shape index (κ2) is 2.84. The predicted octanol–water partition coefficient (Wildman–Crippen LogP) is 2.32. The molecule has 0 saturated carbocycles. The van der Waals surface area contributed by atoms with Crippen LogP contribution in [0.5, 0.6) is 0 Å². The quantitative estimate of drug-likeness (QED) is 0.714. The lowest BCUT2D eigenvalue weighted by Crippen LogP contribution is -1.71. The lowest BCUT2D eigenvalue weighted by molar-refractivity contribution is 1.48. The van der Waals surface area contributed by atoms with Crippen molar-refractivity contribution in [2.45, 2.75) is 0 Å². The SMILES string of the molecule is Clc1nsnc1-c1cnsc1. The van der Waals surface area contributed by atoms with Gasteiger partial charge in [0.1, 0.15) is 5.69 Å². The molecule has 0 unspecified atom stereocenters. The Morgan fingerprint density at radius 1 is 1.36 bits per heavy atom. The molecule has 0 N–H and O–H groups in total. The van der Waals surface area contributed by atoms with Crippen molar-refractivity contribution in [2.24, 2.45) is 0 Å².